The second-order valence-electron chi connectivity index (χ2n) is 7.83. The number of benzene rings is 2. The van der Waals surface area contributed by atoms with Crippen LogP contribution in [0.5, 0.6) is 0 Å². The average molecular weight is 474 g/mol. The first-order valence-electron chi connectivity index (χ1n) is 9.74. The summed E-state index contributed by atoms with van der Waals surface area (Å²) < 4.78 is 1.67. The number of carbonyl (C=O) groups is 1. The van der Waals surface area contributed by atoms with Crippen molar-refractivity contribution in [3.8, 4) is 0 Å². The zero-order chi connectivity index (χ0) is 22.2. The van der Waals surface area contributed by atoms with Crippen LogP contribution in [0.4, 0.5) is 0 Å². The highest BCUT2D eigenvalue weighted by atomic mass is 35.5. The van der Waals surface area contributed by atoms with Crippen molar-refractivity contribution in [2.24, 2.45) is 5.10 Å². The molecule has 160 valence electrons. The van der Waals surface area contributed by atoms with Crippen molar-refractivity contribution < 1.29 is 4.79 Å². The zero-order valence-corrected chi connectivity index (χ0v) is 19.6. The first-order chi connectivity index (χ1) is 14.8. The number of thioether (sulfide) groups is 1. The Kier molecular flexibility index (Phi) is 6.10. The van der Waals surface area contributed by atoms with Crippen molar-refractivity contribution in [3.05, 3.63) is 75.5 Å². The molecule has 9 heteroatoms. The number of amides is 1. The normalized spacial score (nSPS) is 14.5. The maximum absolute atomic E-state index is 12.9. The molecule has 0 bridgehead atoms. The third-order valence-electron chi connectivity index (χ3n) is 5.28. The SMILES string of the molecule is C[C@@H](NC(=O)C1=Nn2c(nnc2C(C)(C)c2ccc(Cl)cc2)SC1)c1ccc(Cl)cc1. The Labute approximate surface area is 195 Å². The predicted molar refractivity (Wildman–Crippen MR) is 125 cm³/mol. The van der Waals surface area contributed by atoms with Crippen LogP contribution in [0.1, 0.15) is 43.8 Å². The summed E-state index contributed by atoms with van der Waals surface area (Å²) in [5, 5.41) is 18.3. The maximum Gasteiger partial charge on any atom is 0.268 e. The molecule has 1 atom stereocenters. The van der Waals surface area contributed by atoms with Crippen LogP contribution >= 0.6 is 35.0 Å². The predicted octanol–water partition coefficient (Wildman–Crippen LogP) is 5.10. The molecular formula is C22H21Cl2N5OS. The van der Waals surface area contributed by atoms with Crippen LogP contribution in [-0.4, -0.2) is 32.2 Å². The van der Waals surface area contributed by atoms with Gasteiger partial charge in [0.05, 0.1) is 17.2 Å². The number of nitrogens with one attached hydrogen (secondary N) is 1. The van der Waals surface area contributed by atoms with Crippen molar-refractivity contribution in [2.75, 3.05) is 5.75 Å². The monoisotopic (exact) mass is 473 g/mol. The van der Waals surface area contributed by atoms with E-state index in [1.54, 1.807) is 4.68 Å². The summed E-state index contributed by atoms with van der Waals surface area (Å²) in [5.74, 6) is 0.871. The number of aromatic nitrogens is 3. The van der Waals surface area contributed by atoms with E-state index in [1.165, 1.54) is 11.8 Å². The number of hydrogen-bond acceptors (Lipinski definition) is 5. The van der Waals surface area contributed by atoms with E-state index >= 15 is 0 Å². The van der Waals surface area contributed by atoms with Gasteiger partial charge in [-0.25, -0.2) is 0 Å². The molecule has 1 aliphatic heterocycles. The summed E-state index contributed by atoms with van der Waals surface area (Å²) in [4.78, 5) is 12.9. The molecule has 31 heavy (non-hydrogen) atoms. The van der Waals surface area contributed by atoms with Crippen LogP contribution in [0.15, 0.2) is 58.8 Å². The molecule has 6 nitrogen and oxygen atoms in total. The summed E-state index contributed by atoms with van der Waals surface area (Å²) in [6, 6.07) is 14.9. The lowest BCUT2D eigenvalue weighted by atomic mass is 9.84. The Bertz CT molecular complexity index is 1140. The molecule has 3 aromatic rings. The van der Waals surface area contributed by atoms with Gasteiger partial charge < -0.3 is 5.32 Å². The quantitative estimate of drug-likeness (QED) is 0.559. The van der Waals surface area contributed by atoms with E-state index in [1.807, 2.05) is 69.3 Å². The van der Waals surface area contributed by atoms with Gasteiger partial charge in [-0.3, -0.25) is 4.79 Å². The lowest BCUT2D eigenvalue weighted by Crippen LogP contribution is -2.36. The molecule has 1 aliphatic rings. The third-order valence-corrected chi connectivity index (χ3v) is 6.71. The minimum absolute atomic E-state index is 0.176. The number of rotatable bonds is 5. The van der Waals surface area contributed by atoms with Gasteiger partial charge in [-0.15, -0.1) is 10.2 Å². The molecule has 0 aliphatic carbocycles. The Hall–Kier alpha value is -2.35. The molecule has 1 amide bonds. The van der Waals surface area contributed by atoms with Gasteiger partial charge in [0, 0.05) is 10.0 Å². The van der Waals surface area contributed by atoms with Crippen LogP contribution in [0.2, 0.25) is 10.0 Å². The standard InChI is InChI=1S/C22H21Cl2N5OS/c1-13(14-4-8-16(23)9-5-14)25-19(30)18-12-31-21-27-26-20(29(21)28-18)22(2,3)15-6-10-17(24)11-7-15/h4-11,13H,12H2,1-3H3,(H,25,30)/t13-/m1/s1. The largest absolute Gasteiger partial charge is 0.344 e. The Morgan fingerprint density at radius 1 is 1.06 bits per heavy atom. The van der Waals surface area contributed by atoms with Gasteiger partial charge in [0.1, 0.15) is 5.71 Å². The number of nitrogens with zero attached hydrogens (tertiary/aromatic N) is 4. The van der Waals surface area contributed by atoms with Gasteiger partial charge in [-0.2, -0.15) is 9.78 Å². The maximum atomic E-state index is 12.9. The van der Waals surface area contributed by atoms with Crippen LogP contribution in [0.25, 0.3) is 0 Å². The fourth-order valence-corrected chi connectivity index (χ4v) is 4.39. The van der Waals surface area contributed by atoms with E-state index in [9.17, 15) is 4.79 Å². The fraction of sp³-hybridized carbons (Fsp3) is 0.273. The molecule has 0 unspecified atom stereocenters. The molecule has 0 saturated heterocycles. The first-order valence-corrected chi connectivity index (χ1v) is 11.5. The molecule has 0 fully saturated rings. The van der Waals surface area contributed by atoms with Crippen molar-refractivity contribution in [1.82, 2.24) is 20.2 Å². The van der Waals surface area contributed by atoms with Crippen LogP contribution in [0.3, 0.4) is 0 Å². The average Bonchev–Trinajstić information content (AvgIpc) is 3.18. The molecule has 1 N–H and O–H groups in total. The molecule has 2 heterocycles. The van der Waals surface area contributed by atoms with E-state index in [0.29, 0.717) is 32.5 Å². The molecule has 0 spiro atoms. The zero-order valence-electron chi connectivity index (χ0n) is 17.3. The van der Waals surface area contributed by atoms with E-state index in [-0.39, 0.29) is 11.9 Å². The smallest absolute Gasteiger partial charge is 0.268 e. The molecule has 4 rings (SSSR count). The Morgan fingerprint density at radius 3 is 2.32 bits per heavy atom. The Balaban J connectivity index is 1.59. The number of fused-ring (bicyclic) bond motifs is 1. The van der Waals surface area contributed by atoms with Crippen molar-refractivity contribution in [1.29, 1.82) is 0 Å². The van der Waals surface area contributed by atoms with Gasteiger partial charge in [-0.05, 0) is 56.2 Å². The second kappa shape index (κ2) is 8.65. The Morgan fingerprint density at radius 2 is 1.68 bits per heavy atom. The van der Waals surface area contributed by atoms with E-state index in [2.05, 4.69) is 20.6 Å². The van der Waals surface area contributed by atoms with Gasteiger partial charge in [0.2, 0.25) is 5.16 Å². The van der Waals surface area contributed by atoms with Crippen molar-refractivity contribution in [3.63, 3.8) is 0 Å². The summed E-state index contributed by atoms with van der Waals surface area (Å²) in [7, 11) is 0. The summed E-state index contributed by atoms with van der Waals surface area (Å²) in [6.45, 7) is 6.02. The summed E-state index contributed by atoms with van der Waals surface area (Å²) in [6.07, 6.45) is 0. The van der Waals surface area contributed by atoms with Crippen LogP contribution < -0.4 is 5.32 Å². The summed E-state index contributed by atoms with van der Waals surface area (Å²) >= 11 is 13.4. The lowest BCUT2D eigenvalue weighted by molar-refractivity contribution is -0.115. The lowest BCUT2D eigenvalue weighted by Gasteiger charge is -2.25. The van der Waals surface area contributed by atoms with Crippen molar-refractivity contribution >= 4 is 46.6 Å². The van der Waals surface area contributed by atoms with Gasteiger partial charge in [0.15, 0.2) is 5.82 Å². The fourth-order valence-electron chi connectivity index (χ4n) is 3.34. The first kappa shape index (κ1) is 21.9. The van der Waals surface area contributed by atoms with E-state index in [0.717, 1.165) is 11.1 Å². The van der Waals surface area contributed by atoms with Gasteiger partial charge in [-0.1, -0.05) is 59.2 Å². The third kappa shape index (κ3) is 4.49. The second-order valence-corrected chi connectivity index (χ2v) is 9.65. The molecule has 2 aromatic carbocycles. The van der Waals surface area contributed by atoms with Crippen LogP contribution in [0, 0.1) is 0 Å². The molecule has 0 radical (unpaired) electrons. The van der Waals surface area contributed by atoms with Crippen LogP contribution in [-0.2, 0) is 10.2 Å². The van der Waals surface area contributed by atoms with E-state index < -0.39 is 5.41 Å². The van der Waals surface area contributed by atoms with Gasteiger partial charge >= 0.3 is 0 Å². The van der Waals surface area contributed by atoms with Gasteiger partial charge in [0.25, 0.3) is 5.91 Å². The number of carbonyl (C=O) groups excluding carboxylic acids is 1. The highest BCUT2D eigenvalue weighted by molar-refractivity contribution is 8.00. The molecule has 0 saturated carbocycles. The molecule has 1 aromatic heterocycles. The summed E-state index contributed by atoms with van der Waals surface area (Å²) in [5.41, 5.74) is 1.94. The topological polar surface area (TPSA) is 72.2 Å². The highest BCUT2D eigenvalue weighted by Crippen LogP contribution is 2.34. The minimum atomic E-state index is -0.477. The van der Waals surface area contributed by atoms with E-state index in [4.69, 9.17) is 23.2 Å². The molecular weight excluding hydrogens is 453 g/mol. The highest BCUT2D eigenvalue weighted by Gasteiger charge is 2.33. The minimum Gasteiger partial charge on any atom is -0.344 e. The van der Waals surface area contributed by atoms with Crippen molar-refractivity contribution in [2.45, 2.75) is 37.4 Å². The number of halogens is 2. The number of hydrogen-bond donors (Lipinski definition) is 1.